The van der Waals surface area contributed by atoms with Crippen molar-refractivity contribution in [2.75, 3.05) is 19.6 Å². The average Bonchev–Trinajstić information content (AvgIpc) is 2.70. The smallest absolute Gasteiger partial charge is 0.394 e. The van der Waals surface area contributed by atoms with Gasteiger partial charge in [0, 0.05) is 13.1 Å². The van der Waals surface area contributed by atoms with Gasteiger partial charge in [-0.15, -0.1) is 0 Å². The van der Waals surface area contributed by atoms with Crippen molar-refractivity contribution < 1.29 is 22.4 Å². The van der Waals surface area contributed by atoms with E-state index in [2.05, 4.69) is 5.32 Å². The van der Waals surface area contributed by atoms with E-state index in [1.54, 1.807) is 12.1 Å². The van der Waals surface area contributed by atoms with Crippen LogP contribution in [0.5, 0.6) is 0 Å². The zero-order chi connectivity index (χ0) is 13.2. The van der Waals surface area contributed by atoms with Crippen molar-refractivity contribution in [1.29, 1.82) is 0 Å². The number of nitrogens with one attached hydrogen (secondary N) is 1. The summed E-state index contributed by atoms with van der Waals surface area (Å²) in [5, 5.41) is 2.58. The second-order valence-electron chi connectivity index (χ2n) is 4.29. The van der Waals surface area contributed by atoms with E-state index in [-0.39, 0.29) is 32.1 Å². The van der Waals surface area contributed by atoms with Crippen molar-refractivity contribution in [3.63, 3.8) is 0 Å². The average molecular weight is 262 g/mol. The lowest BCUT2D eigenvalue weighted by atomic mass is 10.00. The van der Waals surface area contributed by atoms with Crippen LogP contribution in [-0.2, 0) is 11.3 Å². The second-order valence-corrected chi connectivity index (χ2v) is 4.29. The Morgan fingerprint density at radius 3 is 2.78 bits per heavy atom. The van der Waals surface area contributed by atoms with Gasteiger partial charge in [0.05, 0.1) is 25.3 Å². The lowest BCUT2D eigenvalue weighted by Gasteiger charge is -2.39. The largest absolute Gasteiger partial charge is 0.467 e. The van der Waals surface area contributed by atoms with Crippen LogP contribution in [0.25, 0.3) is 0 Å². The first-order valence-electron chi connectivity index (χ1n) is 5.53. The number of carbonyl (C=O) groups is 1. The van der Waals surface area contributed by atoms with Crippen LogP contribution in [0.2, 0.25) is 0 Å². The number of likely N-dealkylation sites (tertiary alicyclic amines) is 1. The van der Waals surface area contributed by atoms with E-state index in [4.69, 9.17) is 4.42 Å². The number of halogens is 3. The summed E-state index contributed by atoms with van der Waals surface area (Å²) in [6.45, 7) is 0.0466. The number of hydrogen-bond acceptors (Lipinski definition) is 3. The van der Waals surface area contributed by atoms with Gasteiger partial charge in [-0.05, 0) is 12.1 Å². The minimum absolute atomic E-state index is 0.00666. The van der Waals surface area contributed by atoms with Crippen LogP contribution >= 0.6 is 0 Å². The first kappa shape index (κ1) is 12.9. The topological polar surface area (TPSA) is 45.5 Å². The molecule has 2 rings (SSSR count). The summed E-state index contributed by atoms with van der Waals surface area (Å²) in [5.74, 6) is -0.984. The molecule has 1 fully saturated rings. The SMILES string of the molecule is O=C(CN1CC(C(F)(F)F)C1)NCc1ccco1. The molecule has 7 heteroatoms. The van der Waals surface area contributed by atoms with Crippen molar-refractivity contribution >= 4 is 5.91 Å². The fourth-order valence-corrected chi connectivity index (χ4v) is 1.76. The molecule has 1 aliphatic rings. The number of carbonyl (C=O) groups excluding carboxylic acids is 1. The van der Waals surface area contributed by atoms with Gasteiger partial charge in [0.2, 0.25) is 5.91 Å². The monoisotopic (exact) mass is 262 g/mol. The highest BCUT2D eigenvalue weighted by Gasteiger charge is 2.47. The molecule has 0 radical (unpaired) electrons. The van der Waals surface area contributed by atoms with E-state index in [0.29, 0.717) is 5.76 Å². The molecule has 1 aliphatic heterocycles. The van der Waals surface area contributed by atoms with Crippen LogP contribution in [-0.4, -0.2) is 36.6 Å². The van der Waals surface area contributed by atoms with E-state index < -0.39 is 12.1 Å². The van der Waals surface area contributed by atoms with Gasteiger partial charge in [0.15, 0.2) is 0 Å². The zero-order valence-electron chi connectivity index (χ0n) is 9.54. The fraction of sp³-hybridized carbons (Fsp3) is 0.545. The Bertz CT molecular complexity index is 397. The molecule has 0 aliphatic carbocycles. The second kappa shape index (κ2) is 5.01. The normalized spacial score (nSPS) is 17.5. The van der Waals surface area contributed by atoms with Crippen LogP contribution in [0, 0.1) is 5.92 Å². The first-order chi connectivity index (χ1) is 8.45. The Hall–Kier alpha value is -1.50. The third-order valence-electron chi connectivity index (χ3n) is 2.83. The Morgan fingerprint density at radius 1 is 1.50 bits per heavy atom. The maximum atomic E-state index is 12.2. The number of furan rings is 1. The van der Waals surface area contributed by atoms with Crippen LogP contribution < -0.4 is 5.32 Å². The van der Waals surface area contributed by atoms with Gasteiger partial charge in [0.25, 0.3) is 0 Å². The molecule has 0 unspecified atom stereocenters. The summed E-state index contributed by atoms with van der Waals surface area (Å²) in [5.41, 5.74) is 0. The number of rotatable bonds is 4. The predicted molar refractivity (Wildman–Crippen MR) is 56.5 cm³/mol. The van der Waals surface area contributed by atoms with E-state index >= 15 is 0 Å². The summed E-state index contributed by atoms with van der Waals surface area (Å²) in [6.07, 6.45) is -2.66. The Kier molecular flexibility index (Phi) is 3.60. The quantitative estimate of drug-likeness (QED) is 0.892. The molecule has 1 N–H and O–H groups in total. The maximum absolute atomic E-state index is 12.2. The summed E-state index contributed by atoms with van der Waals surface area (Å²) in [6, 6.07) is 3.41. The number of amides is 1. The molecule has 1 amide bonds. The Balaban J connectivity index is 1.65. The van der Waals surface area contributed by atoms with Crippen molar-refractivity contribution in [1.82, 2.24) is 10.2 Å². The van der Waals surface area contributed by atoms with Crippen molar-refractivity contribution in [3.8, 4) is 0 Å². The molecule has 2 heterocycles. The van der Waals surface area contributed by atoms with Gasteiger partial charge < -0.3 is 9.73 Å². The number of nitrogens with zero attached hydrogens (tertiary/aromatic N) is 1. The standard InChI is InChI=1S/C11H13F3N2O2/c12-11(13,14)8-5-16(6-8)7-10(17)15-4-9-2-1-3-18-9/h1-3,8H,4-7H2,(H,15,17). The van der Waals surface area contributed by atoms with Crippen LogP contribution in [0.15, 0.2) is 22.8 Å². The van der Waals surface area contributed by atoms with Crippen molar-refractivity contribution in [3.05, 3.63) is 24.2 Å². The Labute approximate surface area is 102 Å². The zero-order valence-corrected chi connectivity index (χ0v) is 9.54. The summed E-state index contributed by atoms with van der Waals surface area (Å²) in [7, 11) is 0. The van der Waals surface area contributed by atoms with Gasteiger partial charge in [-0.3, -0.25) is 9.69 Å². The highest BCUT2D eigenvalue weighted by Crippen LogP contribution is 2.32. The molecule has 0 atom stereocenters. The van der Waals surface area contributed by atoms with Crippen molar-refractivity contribution in [2.24, 2.45) is 5.92 Å². The van der Waals surface area contributed by atoms with Gasteiger partial charge >= 0.3 is 6.18 Å². The number of hydrogen-bond donors (Lipinski definition) is 1. The van der Waals surface area contributed by atoms with E-state index in [0.717, 1.165) is 0 Å². The lowest BCUT2D eigenvalue weighted by Crippen LogP contribution is -2.55. The van der Waals surface area contributed by atoms with Gasteiger partial charge in [-0.1, -0.05) is 0 Å². The fourth-order valence-electron chi connectivity index (χ4n) is 1.76. The van der Waals surface area contributed by atoms with Gasteiger partial charge in [-0.25, -0.2) is 0 Å². The van der Waals surface area contributed by atoms with E-state index in [9.17, 15) is 18.0 Å². The summed E-state index contributed by atoms with van der Waals surface area (Å²) >= 11 is 0. The highest BCUT2D eigenvalue weighted by molar-refractivity contribution is 5.78. The summed E-state index contributed by atoms with van der Waals surface area (Å²) < 4.78 is 41.6. The Morgan fingerprint density at radius 2 is 2.22 bits per heavy atom. The molecule has 4 nitrogen and oxygen atoms in total. The molecule has 0 saturated carbocycles. The molecular formula is C11H13F3N2O2. The molecule has 1 aromatic rings. The highest BCUT2D eigenvalue weighted by atomic mass is 19.4. The summed E-state index contributed by atoms with van der Waals surface area (Å²) in [4.78, 5) is 12.9. The minimum atomic E-state index is -4.15. The molecular weight excluding hydrogens is 249 g/mol. The molecule has 0 spiro atoms. The minimum Gasteiger partial charge on any atom is -0.467 e. The third-order valence-corrected chi connectivity index (χ3v) is 2.83. The molecule has 100 valence electrons. The van der Waals surface area contributed by atoms with Crippen LogP contribution in [0.3, 0.4) is 0 Å². The first-order valence-corrected chi connectivity index (χ1v) is 5.53. The molecule has 18 heavy (non-hydrogen) atoms. The van der Waals surface area contributed by atoms with Crippen LogP contribution in [0.4, 0.5) is 13.2 Å². The third kappa shape index (κ3) is 3.25. The molecule has 0 aromatic carbocycles. The van der Waals surface area contributed by atoms with Gasteiger partial charge in [0.1, 0.15) is 5.76 Å². The molecule has 0 bridgehead atoms. The lowest BCUT2D eigenvalue weighted by molar-refractivity contribution is -0.209. The van der Waals surface area contributed by atoms with Crippen LogP contribution in [0.1, 0.15) is 5.76 Å². The molecule has 1 saturated heterocycles. The maximum Gasteiger partial charge on any atom is 0.394 e. The molecule has 1 aromatic heterocycles. The predicted octanol–water partition coefficient (Wildman–Crippen LogP) is 1.39. The van der Waals surface area contributed by atoms with Gasteiger partial charge in [-0.2, -0.15) is 13.2 Å². The van der Waals surface area contributed by atoms with Crippen molar-refractivity contribution in [2.45, 2.75) is 12.7 Å². The number of alkyl halides is 3. The van der Waals surface area contributed by atoms with E-state index in [1.807, 2.05) is 0 Å². The van der Waals surface area contributed by atoms with E-state index in [1.165, 1.54) is 11.2 Å².